The second-order valence-corrected chi connectivity index (χ2v) is 5.45. The van der Waals surface area contributed by atoms with Crippen LogP contribution in [0, 0.1) is 5.41 Å². The third kappa shape index (κ3) is 2.29. The molecule has 0 bridgehead atoms. The molecule has 1 aliphatic rings. The standard InChI is InChI=1S/C11H13F3N2OS/c1-2-10(3-4-15-6-10)8(17)7-5-16-9(18-7)11(12,13)14/h5,15H,2-4,6H2,1H3. The van der Waals surface area contributed by atoms with Gasteiger partial charge in [-0.15, -0.1) is 11.3 Å². The van der Waals surface area contributed by atoms with Crippen LogP contribution in [0.5, 0.6) is 0 Å². The fraction of sp³-hybridized carbons (Fsp3) is 0.636. The van der Waals surface area contributed by atoms with Crippen molar-refractivity contribution < 1.29 is 18.0 Å². The highest BCUT2D eigenvalue weighted by Crippen LogP contribution is 2.38. The molecule has 2 rings (SSSR count). The average molecular weight is 278 g/mol. The Morgan fingerprint density at radius 2 is 2.33 bits per heavy atom. The van der Waals surface area contributed by atoms with Crippen molar-refractivity contribution >= 4 is 17.1 Å². The molecule has 0 aromatic carbocycles. The summed E-state index contributed by atoms with van der Waals surface area (Å²) in [4.78, 5) is 15.7. The molecule has 18 heavy (non-hydrogen) atoms. The van der Waals surface area contributed by atoms with Crippen LogP contribution in [-0.2, 0) is 6.18 Å². The van der Waals surface area contributed by atoms with E-state index in [9.17, 15) is 18.0 Å². The zero-order valence-electron chi connectivity index (χ0n) is 9.80. The van der Waals surface area contributed by atoms with Crippen molar-refractivity contribution in [2.45, 2.75) is 25.9 Å². The molecule has 100 valence electrons. The number of carbonyl (C=O) groups excluding carboxylic acids is 1. The van der Waals surface area contributed by atoms with Crippen molar-refractivity contribution in [2.75, 3.05) is 13.1 Å². The third-order valence-corrected chi connectivity index (χ3v) is 4.42. The molecule has 0 radical (unpaired) electrons. The Hall–Kier alpha value is -0.950. The van der Waals surface area contributed by atoms with Crippen LogP contribution in [-0.4, -0.2) is 23.9 Å². The molecule has 1 atom stereocenters. The average Bonchev–Trinajstić information content (AvgIpc) is 2.97. The number of Topliss-reactive ketones (excluding diaryl/α,β-unsaturated/α-hetero) is 1. The first-order chi connectivity index (χ1) is 8.39. The van der Waals surface area contributed by atoms with Crippen molar-refractivity contribution in [3.63, 3.8) is 0 Å². The Labute approximate surface area is 106 Å². The van der Waals surface area contributed by atoms with E-state index in [-0.39, 0.29) is 10.7 Å². The van der Waals surface area contributed by atoms with Crippen LogP contribution in [0.2, 0.25) is 0 Å². The predicted molar refractivity (Wildman–Crippen MR) is 61.7 cm³/mol. The third-order valence-electron chi connectivity index (χ3n) is 3.37. The van der Waals surface area contributed by atoms with Crippen molar-refractivity contribution in [1.82, 2.24) is 10.3 Å². The van der Waals surface area contributed by atoms with E-state index in [4.69, 9.17) is 0 Å². The second-order valence-electron chi connectivity index (χ2n) is 4.42. The highest BCUT2D eigenvalue weighted by atomic mass is 32.1. The summed E-state index contributed by atoms with van der Waals surface area (Å²) in [7, 11) is 0. The number of ketones is 1. The van der Waals surface area contributed by atoms with Crippen LogP contribution >= 0.6 is 11.3 Å². The maximum atomic E-state index is 12.4. The van der Waals surface area contributed by atoms with E-state index in [1.807, 2.05) is 6.92 Å². The number of aromatic nitrogens is 1. The summed E-state index contributed by atoms with van der Waals surface area (Å²) in [5.41, 5.74) is -0.560. The highest BCUT2D eigenvalue weighted by molar-refractivity contribution is 7.13. The van der Waals surface area contributed by atoms with Gasteiger partial charge in [-0.2, -0.15) is 13.2 Å². The minimum Gasteiger partial charge on any atom is -0.316 e. The van der Waals surface area contributed by atoms with Crippen LogP contribution in [0.1, 0.15) is 34.4 Å². The van der Waals surface area contributed by atoms with Gasteiger partial charge in [0, 0.05) is 18.2 Å². The summed E-state index contributed by atoms with van der Waals surface area (Å²) in [5.74, 6) is -0.219. The summed E-state index contributed by atoms with van der Waals surface area (Å²) in [6, 6.07) is 0. The Bertz CT molecular complexity index is 449. The van der Waals surface area contributed by atoms with Crippen LogP contribution in [0.25, 0.3) is 0 Å². The van der Waals surface area contributed by atoms with Gasteiger partial charge in [0.05, 0.1) is 4.88 Å². The van der Waals surface area contributed by atoms with E-state index in [0.29, 0.717) is 30.7 Å². The van der Waals surface area contributed by atoms with Gasteiger partial charge in [0.15, 0.2) is 10.8 Å². The number of thiazole rings is 1. The zero-order chi connectivity index (χ0) is 13.4. The van der Waals surface area contributed by atoms with E-state index in [1.54, 1.807) is 0 Å². The number of carbonyl (C=O) groups is 1. The lowest BCUT2D eigenvalue weighted by molar-refractivity contribution is -0.137. The van der Waals surface area contributed by atoms with Crippen LogP contribution in [0.4, 0.5) is 13.2 Å². The number of rotatable bonds is 3. The predicted octanol–water partition coefficient (Wildman–Crippen LogP) is 2.73. The Morgan fingerprint density at radius 1 is 1.61 bits per heavy atom. The van der Waals surface area contributed by atoms with Gasteiger partial charge < -0.3 is 5.32 Å². The summed E-state index contributed by atoms with van der Waals surface area (Å²) < 4.78 is 37.3. The van der Waals surface area contributed by atoms with Crippen LogP contribution in [0.15, 0.2) is 6.20 Å². The minimum absolute atomic E-state index is 0.105. The molecular formula is C11H13F3N2OS. The van der Waals surface area contributed by atoms with Gasteiger partial charge >= 0.3 is 6.18 Å². The lowest BCUT2D eigenvalue weighted by Crippen LogP contribution is -2.32. The van der Waals surface area contributed by atoms with Crippen molar-refractivity contribution in [2.24, 2.45) is 5.41 Å². The smallest absolute Gasteiger partial charge is 0.316 e. The Morgan fingerprint density at radius 3 is 2.78 bits per heavy atom. The molecule has 1 fully saturated rings. The largest absolute Gasteiger partial charge is 0.443 e. The molecule has 1 aliphatic heterocycles. The number of halogens is 3. The maximum absolute atomic E-state index is 12.4. The molecule has 3 nitrogen and oxygen atoms in total. The number of hydrogen-bond donors (Lipinski definition) is 1. The van der Waals surface area contributed by atoms with Crippen molar-refractivity contribution in [3.8, 4) is 0 Å². The van der Waals surface area contributed by atoms with E-state index in [0.717, 1.165) is 12.7 Å². The summed E-state index contributed by atoms with van der Waals surface area (Å²) in [6.45, 7) is 3.14. The van der Waals surface area contributed by atoms with E-state index in [1.165, 1.54) is 0 Å². The molecule has 1 aromatic rings. The van der Waals surface area contributed by atoms with E-state index in [2.05, 4.69) is 10.3 Å². The lowest BCUT2D eigenvalue weighted by Gasteiger charge is -2.23. The van der Waals surface area contributed by atoms with E-state index < -0.39 is 16.6 Å². The first-order valence-corrected chi connectivity index (χ1v) is 6.49. The minimum atomic E-state index is -4.48. The van der Waals surface area contributed by atoms with Gasteiger partial charge in [-0.25, -0.2) is 4.98 Å². The highest BCUT2D eigenvalue weighted by Gasteiger charge is 2.42. The van der Waals surface area contributed by atoms with Gasteiger partial charge in [-0.3, -0.25) is 4.79 Å². The lowest BCUT2D eigenvalue weighted by atomic mass is 9.79. The molecule has 0 saturated carbocycles. The van der Waals surface area contributed by atoms with Gasteiger partial charge in [0.1, 0.15) is 0 Å². The molecule has 1 saturated heterocycles. The number of nitrogens with zero attached hydrogens (tertiary/aromatic N) is 1. The number of alkyl halides is 3. The topological polar surface area (TPSA) is 42.0 Å². The summed E-state index contributed by atoms with van der Waals surface area (Å²) in [5, 5.41) is 2.14. The van der Waals surface area contributed by atoms with Crippen molar-refractivity contribution in [3.05, 3.63) is 16.1 Å². The normalized spacial score (nSPS) is 24.4. The van der Waals surface area contributed by atoms with Gasteiger partial charge in [-0.1, -0.05) is 6.92 Å². The fourth-order valence-corrected chi connectivity index (χ4v) is 3.02. The second kappa shape index (κ2) is 4.62. The molecule has 2 heterocycles. The van der Waals surface area contributed by atoms with Crippen molar-refractivity contribution in [1.29, 1.82) is 0 Å². The van der Waals surface area contributed by atoms with Crippen LogP contribution < -0.4 is 5.32 Å². The van der Waals surface area contributed by atoms with E-state index >= 15 is 0 Å². The summed E-state index contributed by atoms with van der Waals surface area (Å²) >= 11 is 0.435. The molecule has 7 heteroatoms. The number of hydrogen-bond acceptors (Lipinski definition) is 4. The molecule has 0 amide bonds. The van der Waals surface area contributed by atoms with Crippen LogP contribution in [0.3, 0.4) is 0 Å². The quantitative estimate of drug-likeness (QED) is 0.864. The SMILES string of the molecule is CCC1(C(=O)c2cnc(C(F)(F)F)s2)CCNC1. The maximum Gasteiger partial charge on any atom is 0.443 e. The van der Waals surface area contributed by atoms with Gasteiger partial charge in [0.25, 0.3) is 0 Å². The Balaban J connectivity index is 2.26. The molecule has 1 unspecified atom stereocenters. The monoisotopic (exact) mass is 278 g/mol. The molecule has 1 N–H and O–H groups in total. The molecule has 0 aliphatic carbocycles. The first kappa shape index (κ1) is 13.5. The molecular weight excluding hydrogens is 265 g/mol. The molecule has 1 aromatic heterocycles. The van der Waals surface area contributed by atoms with Gasteiger partial charge in [0.2, 0.25) is 0 Å². The van der Waals surface area contributed by atoms with Gasteiger partial charge in [-0.05, 0) is 19.4 Å². The Kier molecular flexibility index (Phi) is 3.46. The zero-order valence-corrected chi connectivity index (χ0v) is 10.6. The molecule has 0 spiro atoms. The number of nitrogens with one attached hydrogen (secondary N) is 1. The summed E-state index contributed by atoms with van der Waals surface area (Å²) in [6.07, 6.45) is -2.14. The fourth-order valence-electron chi connectivity index (χ4n) is 2.17. The first-order valence-electron chi connectivity index (χ1n) is 5.67.